The molecule has 0 spiro atoms. The second-order valence-corrected chi connectivity index (χ2v) is 4.61. The lowest BCUT2D eigenvalue weighted by atomic mass is 10.2. The number of rotatable bonds is 1. The Morgan fingerprint density at radius 3 is 1.50 bits per heavy atom. The van der Waals surface area contributed by atoms with Gasteiger partial charge in [0.15, 0.2) is 0 Å². The first-order chi connectivity index (χ1) is 9.45. The highest BCUT2D eigenvalue weighted by Gasteiger charge is 2.18. The number of halogens is 1. The van der Waals surface area contributed by atoms with E-state index in [4.69, 9.17) is 0 Å². The van der Waals surface area contributed by atoms with Crippen LogP contribution in [0.25, 0.3) is 27.7 Å². The number of furan rings is 1. The van der Waals surface area contributed by atoms with Crippen molar-refractivity contribution in [3.8, 4) is 5.75 Å². The van der Waals surface area contributed by atoms with Crippen LogP contribution in [0.4, 0.5) is 0 Å². The van der Waals surface area contributed by atoms with E-state index in [1.54, 1.807) is 0 Å². The number of fused-ring (bicyclic) bond motifs is 3. The van der Waals surface area contributed by atoms with Crippen LogP contribution in [0, 0.1) is 0 Å². The van der Waals surface area contributed by atoms with Crippen molar-refractivity contribution >= 4 is 21.9 Å². The summed E-state index contributed by atoms with van der Waals surface area (Å²) in [6.45, 7) is 0. The first-order valence-electron chi connectivity index (χ1n) is 6.43. The van der Waals surface area contributed by atoms with Gasteiger partial charge in [-0.05, 0) is 12.1 Å². The summed E-state index contributed by atoms with van der Waals surface area (Å²) in [6, 6.07) is 27.4. The van der Waals surface area contributed by atoms with Crippen LogP contribution in [0.2, 0.25) is 0 Å². The third-order valence-electron chi connectivity index (χ3n) is 3.48. The summed E-state index contributed by atoms with van der Waals surface area (Å²) in [5.41, 5.74) is 2.35. The van der Waals surface area contributed by atoms with Gasteiger partial charge in [-0.2, -0.15) is 0 Å². The Labute approximate surface area is 134 Å². The lowest BCUT2D eigenvalue weighted by molar-refractivity contribution is -0.00000410. The average Bonchev–Trinajstić information content (AvgIpc) is 2.83. The fraction of sp³-hybridized carbons (Fsp3) is 0. The fourth-order valence-electron chi connectivity index (χ4n) is 2.66. The van der Waals surface area contributed by atoms with E-state index in [1.165, 1.54) is 21.9 Å². The molecule has 0 aliphatic heterocycles. The van der Waals surface area contributed by atoms with Crippen LogP contribution < -0.4 is 24.0 Å². The maximum Gasteiger partial charge on any atom is 0.275 e. The lowest BCUT2D eigenvalue weighted by Gasteiger charge is -2.03. The van der Waals surface area contributed by atoms with Crippen LogP contribution in [0.1, 0.15) is 0 Å². The molecule has 1 heterocycles. The molecule has 0 amide bonds. The highest BCUT2D eigenvalue weighted by molar-refractivity contribution is 6.05. The summed E-state index contributed by atoms with van der Waals surface area (Å²) in [5, 5.41) is 2.54. The maximum absolute atomic E-state index is 3.29. The molecule has 0 aliphatic carbocycles. The molecule has 0 N–H and O–H groups in total. The molecule has 0 saturated heterocycles. The highest BCUT2D eigenvalue weighted by atomic mass is 127. The molecule has 20 heavy (non-hydrogen) atoms. The van der Waals surface area contributed by atoms with E-state index >= 15 is 0 Å². The zero-order valence-corrected chi connectivity index (χ0v) is 12.9. The molecule has 0 bridgehead atoms. The molecule has 4 aromatic rings. The Bertz CT molecular complexity index is 809. The molecule has 1 nitrogen and oxygen atoms in total. The Balaban J connectivity index is 0.00000121. The largest absolute Gasteiger partial charge is 1.00 e. The van der Waals surface area contributed by atoms with Gasteiger partial charge in [-0.15, -0.1) is 0 Å². The van der Waals surface area contributed by atoms with Crippen LogP contribution in [-0.2, 0) is 0 Å². The predicted molar refractivity (Wildman–Crippen MR) is 79.7 cm³/mol. The number of para-hydroxylation sites is 3. The standard InChI is InChI=1S/C18H13O.HI/c1-2-8-14(9-3-1)19-17-12-6-4-10-15(17)16-11-5-7-13-18(16)19;/h1-13H;1H/q+1;/p-1. The summed E-state index contributed by atoms with van der Waals surface area (Å²) in [7, 11) is 0. The molecule has 2 heteroatoms. The van der Waals surface area contributed by atoms with Gasteiger partial charge in [-0.1, -0.05) is 42.5 Å². The quantitative estimate of drug-likeness (QED) is 0.356. The summed E-state index contributed by atoms with van der Waals surface area (Å²) in [5.74, 6) is 1.12. The molecular formula is C18H13IO. The van der Waals surface area contributed by atoms with Gasteiger partial charge >= 0.3 is 0 Å². The third kappa shape index (κ3) is 1.91. The monoisotopic (exact) mass is 372 g/mol. The highest BCUT2D eigenvalue weighted by Crippen LogP contribution is 2.37. The van der Waals surface area contributed by atoms with Gasteiger partial charge in [0, 0.05) is 24.3 Å². The first kappa shape index (κ1) is 13.2. The number of hydrogen-bond donors (Lipinski definition) is 0. The van der Waals surface area contributed by atoms with E-state index in [0.717, 1.165) is 5.75 Å². The minimum atomic E-state index is 0. The minimum Gasteiger partial charge on any atom is -1.00 e. The van der Waals surface area contributed by atoms with Crippen molar-refractivity contribution in [3.63, 3.8) is 0 Å². The molecule has 0 fully saturated rings. The smallest absolute Gasteiger partial charge is 0.275 e. The summed E-state index contributed by atoms with van der Waals surface area (Å²) in [6.07, 6.45) is 0. The molecule has 0 unspecified atom stereocenters. The fourth-order valence-corrected chi connectivity index (χ4v) is 2.66. The van der Waals surface area contributed by atoms with Crippen molar-refractivity contribution < 1.29 is 28.0 Å². The van der Waals surface area contributed by atoms with Gasteiger partial charge < -0.3 is 28.0 Å². The van der Waals surface area contributed by atoms with E-state index in [9.17, 15) is 0 Å². The van der Waals surface area contributed by atoms with E-state index in [2.05, 4.69) is 76.8 Å². The number of hydrogen-bond acceptors (Lipinski definition) is 0. The van der Waals surface area contributed by atoms with Crippen molar-refractivity contribution in [3.05, 3.63) is 78.9 Å². The molecule has 0 radical (unpaired) electrons. The molecule has 0 aliphatic rings. The molecule has 1 aromatic heterocycles. The Hall–Kier alpha value is -1.81. The lowest BCUT2D eigenvalue weighted by Crippen LogP contribution is -3.00. The number of benzene rings is 3. The predicted octanol–water partition coefficient (Wildman–Crippen LogP) is 2.27. The minimum absolute atomic E-state index is 0. The second kappa shape index (κ2) is 5.29. The average molecular weight is 372 g/mol. The summed E-state index contributed by atoms with van der Waals surface area (Å²) in [4.78, 5) is 0. The van der Waals surface area contributed by atoms with Gasteiger partial charge in [-0.25, -0.2) is 0 Å². The normalized spacial score (nSPS) is 10.6. The van der Waals surface area contributed by atoms with Crippen LogP contribution in [0.3, 0.4) is 0 Å². The van der Waals surface area contributed by atoms with Crippen LogP contribution >= 0.6 is 0 Å². The van der Waals surface area contributed by atoms with E-state index in [-0.39, 0.29) is 24.0 Å². The van der Waals surface area contributed by atoms with Crippen molar-refractivity contribution in [2.75, 3.05) is 0 Å². The van der Waals surface area contributed by atoms with Gasteiger partial charge in [0.05, 0.1) is 10.8 Å². The van der Waals surface area contributed by atoms with Gasteiger partial charge in [0.25, 0.3) is 16.9 Å². The molecule has 98 valence electrons. The van der Waals surface area contributed by atoms with Crippen molar-refractivity contribution in [1.29, 1.82) is 0 Å². The summed E-state index contributed by atoms with van der Waals surface area (Å²) >= 11 is 0. The van der Waals surface area contributed by atoms with E-state index in [0.29, 0.717) is 0 Å². The van der Waals surface area contributed by atoms with Gasteiger partial charge in [0.2, 0.25) is 0 Å². The summed E-state index contributed by atoms with van der Waals surface area (Å²) < 4.78 is 3.29. The molecular weight excluding hydrogens is 359 g/mol. The Kier molecular flexibility index (Phi) is 3.49. The second-order valence-electron chi connectivity index (χ2n) is 4.61. The van der Waals surface area contributed by atoms with Crippen LogP contribution in [-0.4, -0.2) is 0 Å². The molecule has 4 rings (SSSR count). The zero-order chi connectivity index (χ0) is 12.7. The Morgan fingerprint density at radius 1 is 0.500 bits per heavy atom. The van der Waals surface area contributed by atoms with E-state index < -0.39 is 0 Å². The SMILES string of the molecule is [I-].c1ccc(-[o+]2c3ccccc3c3ccccc32)cc1. The molecule has 0 atom stereocenters. The maximum atomic E-state index is 3.29. The molecule has 3 aromatic carbocycles. The Morgan fingerprint density at radius 2 is 0.950 bits per heavy atom. The topological polar surface area (TPSA) is 2.70 Å². The van der Waals surface area contributed by atoms with Crippen molar-refractivity contribution in [1.82, 2.24) is 0 Å². The molecule has 0 saturated carbocycles. The van der Waals surface area contributed by atoms with E-state index in [1.807, 2.05) is 6.07 Å². The van der Waals surface area contributed by atoms with Gasteiger partial charge in [-0.3, -0.25) is 0 Å². The van der Waals surface area contributed by atoms with Gasteiger partial charge in [0.1, 0.15) is 0 Å². The van der Waals surface area contributed by atoms with Crippen molar-refractivity contribution in [2.24, 2.45) is 0 Å². The van der Waals surface area contributed by atoms with Crippen LogP contribution in [0.5, 0.6) is 0 Å². The van der Waals surface area contributed by atoms with Crippen LogP contribution in [0.15, 0.2) is 82.9 Å². The van der Waals surface area contributed by atoms with Crippen molar-refractivity contribution in [2.45, 2.75) is 0 Å². The third-order valence-corrected chi connectivity index (χ3v) is 3.48. The first-order valence-corrected chi connectivity index (χ1v) is 6.43. The zero-order valence-electron chi connectivity index (χ0n) is 10.8.